The molecule has 0 aliphatic rings. The van der Waals surface area contributed by atoms with Crippen LogP contribution in [0.4, 0.5) is 0 Å². The van der Waals surface area contributed by atoms with E-state index in [2.05, 4.69) is 19.2 Å². The minimum atomic E-state index is 0.284. The van der Waals surface area contributed by atoms with Crippen LogP contribution in [0.5, 0.6) is 11.5 Å². The monoisotopic (exact) mass is 255 g/mol. The van der Waals surface area contributed by atoms with Crippen LogP contribution in [0, 0.1) is 0 Å². The molecule has 17 heavy (non-hydrogen) atoms. The molecule has 0 saturated heterocycles. The van der Waals surface area contributed by atoms with Gasteiger partial charge in [0.25, 0.3) is 0 Å². The molecule has 0 radical (unpaired) electrons. The molecule has 2 N–H and O–H groups in total. The lowest BCUT2D eigenvalue weighted by Gasteiger charge is -2.14. The Bertz CT molecular complexity index is 344. The third-order valence-corrected chi connectivity index (χ3v) is 3.65. The van der Waals surface area contributed by atoms with Crippen LogP contribution in [0.3, 0.4) is 0 Å². The van der Waals surface area contributed by atoms with Gasteiger partial charge < -0.3 is 15.2 Å². The van der Waals surface area contributed by atoms with Crippen LogP contribution in [0.2, 0.25) is 0 Å². The first kappa shape index (κ1) is 14.2. The van der Waals surface area contributed by atoms with Crippen molar-refractivity contribution < 1.29 is 9.84 Å². The third-order valence-electron chi connectivity index (χ3n) is 2.51. The van der Waals surface area contributed by atoms with Crippen LogP contribution in [0.1, 0.15) is 19.4 Å². The molecule has 0 aliphatic heterocycles. The topological polar surface area (TPSA) is 41.5 Å². The number of rotatable bonds is 7. The van der Waals surface area contributed by atoms with Gasteiger partial charge >= 0.3 is 0 Å². The largest absolute Gasteiger partial charge is 0.507 e. The van der Waals surface area contributed by atoms with Gasteiger partial charge in [-0.25, -0.2) is 0 Å². The van der Waals surface area contributed by atoms with E-state index in [1.165, 1.54) is 0 Å². The number of aromatic hydroxyl groups is 1. The second-order valence-corrected chi connectivity index (χ2v) is 5.25. The zero-order chi connectivity index (χ0) is 12.7. The van der Waals surface area contributed by atoms with Crippen LogP contribution in [0.25, 0.3) is 0 Å². The van der Waals surface area contributed by atoms with Gasteiger partial charge in [0.05, 0.1) is 7.11 Å². The molecule has 3 nitrogen and oxygen atoms in total. The maximum atomic E-state index is 9.79. The zero-order valence-corrected chi connectivity index (χ0v) is 11.5. The quantitative estimate of drug-likeness (QED) is 0.786. The molecule has 0 amide bonds. The van der Waals surface area contributed by atoms with E-state index >= 15 is 0 Å². The molecule has 0 aliphatic carbocycles. The summed E-state index contributed by atoms with van der Waals surface area (Å²) in [5.74, 6) is 3.20. The lowest BCUT2D eigenvalue weighted by Crippen LogP contribution is -2.27. The molecule has 1 unspecified atom stereocenters. The number of nitrogens with one attached hydrogen (secondary N) is 1. The number of phenolic OH excluding ortho intramolecular Hbond substituents is 1. The summed E-state index contributed by atoms with van der Waals surface area (Å²) < 4.78 is 5.04. The molecule has 1 atom stereocenters. The Balaban J connectivity index is 2.46. The molecule has 1 rings (SSSR count). The molecule has 1 aromatic carbocycles. The molecule has 0 bridgehead atoms. The summed E-state index contributed by atoms with van der Waals surface area (Å²) in [7, 11) is 1.59. The maximum absolute atomic E-state index is 9.79. The number of benzene rings is 1. The standard InChI is InChI=1S/C13H21NO2S/c1-4-17-9-10(2)14-8-11-5-6-12(16-3)7-13(11)15/h5-7,10,14-15H,4,8-9H2,1-3H3. The minimum absolute atomic E-state index is 0.284. The van der Waals surface area contributed by atoms with Crippen LogP contribution in [-0.4, -0.2) is 29.8 Å². The van der Waals surface area contributed by atoms with Gasteiger partial charge in [0.2, 0.25) is 0 Å². The van der Waals surface area contributed by atoms with Crippen molar-refractivity contribution in [3.8, 4) is 11.5 Å². The fourth-order valence-electron chi connectivity index (χ4n) is 1.46. The summed E-state index contributed by atoms with van der Waals surface area (Å²) in [6.07, 6.45) is 0. The van der Waals surface area contributed by atoms with Crippen molar-refractivity contribution in [3.63, 3.8) is 0 Å². The van der Waals surface area contributed by atoms with Gasteiger partial charge in [-0.15, -0.1) is 0 Å². The third kappa shape index (κ3) is 4.88. The Kier molecular flexibility index (Phi) is 6.22. The first-order chi connectivity index (χ1) is 8.17. The van der Waals surface area contributed by atoms with Crippen molar-refractivity contribution in [3.05, 3.63) is 23.8 Å². The highest BCUT2D eigenvalue weighted by atomic mass is 32.2. The first-order valence-electron chi connectivity index (χ1n) is 5.84. The fraction of sp³-hybridized carbons (Fsp3) is 0.538. The number of hydrogen-bond acceptors (Lipinski definition) is 4. The summed E-state index contributed by atoms with van der Waals surface area (Å²) in [5.41, 5.74) is 0.902. The minimum Gasteiger partial charge on any atom is -0.507 e. The SMILES string of the molecule is CCSCC(C)NCc1ccc(OC)cc1O. The van der Waals surface area contributed by atoms with Gasteiger partial charge in [-0.2, -0.15) is 11.8 Å². The van der Waals surface area contributed by atoms with Crippen LogP contribution in [0.15, 0.2) is 18.2 Å². The lowest BCUT2D eigenvalue weighted by molar-refractivity contribution is 0.405. The molecule has 96 valence electrons. The van der Waals surface area contributed by atoms with E-state index in [1.807, 2.05) is 23.9 Å². The molecule has 0 heterocycles. The van der Waals surface area contributed by atoms with E-state index in [-0.39, 0.29) is 5.75 Å². The predicted octanol–water partition coefficient (Wildman–Crippen LogP) is 2.63. The molecule has 0 aromatic heterocycles. The second kappa shape index (κ2) is 7.45. The van der Waals surface area contributed by atoms with Crippen molar-refractivity contribution >= 4 is 11.8 Å². The highest BCUT2D eigenvalue weighted by molar-refractivity contribution is 7.99. The van der Waals surface area contributed by atoms with Crippen LogP contribution in [-0.2, 0) is 6.54 Å². The van der Waals surface area contributed by atoms with Gasteiger partial charge in [-0.1, -0.05) is 13.0 Å². The van der Waals surface area contributed by atoms with Gasteiger partial charge in [-0.3, -0.25) is 0 Å². The summed E-state index contributed by atoms with van der Waals surface area (Å²) in [6, 6.07) is 5.84. The van der Waals surface area contributed by atoms with Crippen molar-refractivity contribution in [2.24, 2.45) is 0 Å². The molecule has 0 saturated carbocycles. The number of hydrogen-bond donors (Lipinski definition) is 2. The normalized spacial score (nSPS) is 12.4. The Labute approximate surface area is 108 Å². The number of phenols is 1. The lowest BCUT2D eigenvalue weighted by atomic mass is 10.2. The molecule has 1 aromatic rings. The predicted molar refractivity (Wildman–Crippen MR) is 74.0 cm³/mol. The first-order valence-corrected chi connectivity index (χ1v) is 6.99. The molecule has 0 fully saturated rings. The molecular weight excluding hydrogens is 234 g/mol. The van der Waals surface area contributed by atoms with Gasteiger partial charge in [-0.05, 0) is 18.7 Å². The van der Waals surface area contributed by atoms with Gasteiger partial charge in [0.1, 0.15) is 11.5 Å². The van der Waals surface area contributed by atoms with Crippen molar-refractivity contribution in [1.82, 2.24) is 5.32 Å². The molecular formula is C13H21NO2S. The number of methoxy groups -OCH3 is 1. The summed E-state index contributed by atoms with van der Waals surface area (Å²) >= 11 is 1.92. The summed E-state index contributed by atoms with van der Waals surface area (Å²) in [5, 5.41) is 13.2. The van der Waals surface area contributed by atoms with Crippen LogP contribution < -0.4 is 10.1 Å². The van der Waals surface area contributed by atoms with Crippen LogP contribution >= 0.6 is 11.8 Å². The average molecular weight is 255 g/mol. The highest BCUT2D eigenvalue weighted by Crippen LogP contribution is 2.23. The van der Waals surface area contributed by atoms with Crippen molar-refractivity contribution in [2.75, 3.05) is 18.6 Å². The Morgan fingerprint density at radius 3 is 2.82 bits per heavy atom. The summed E-state index contributed by atoms with van der Waals surface area (Å²) in [6.45, 7) is 5.00. The van der Waals surface area contributed by atoms with Crippen molar-refractivity contribution in [2.45, 2.75) is 26.4 Å². The van der Waals surface area contributed by atoms with Gasteiger partial charge in [0, 0.05) is 30.0 Å². The highest BCUT2D eigenvalue weighted by Gasteiger charge is 2.05. The second-order valence-electron chi connectivity index (χ2n) is 3.94. The van der Waals surface area contributed by atoms with E-state index in [0.717, 1.165) is 17.1 Å². The fourth-order valence-corrected chi connectivity index (χ4v) is 2.16. The Morgan fingerprint density at radius 1 is 1.47 bits per heavy atom. The number of thioether (sulfide) groups is 1. The Hall–Kier alpha value is -0.870. The van der Waals surface area contributed by atoms with Gasteiger partial charge in [0.15, 0.2) is 0 Å². The summed E-state index contributed by atoms with van der Waals surface area (Å²) in [4.78, 5) is 0. The van der Waals surface area contributed by atoms with E-state index < -0.39 is 0 Å². The average Bonchev–Trinajstić information content (AvgIpc) is 2.34. The zero-order valence-electron chi connectivity index (χ0n) is 10.7. The maximum Gasteiger partial charge on any atom is 0.123 e. The molecule has 0 spiro atoms. The Morgan fingerprint density at radius 2 is 2.24 bits per heavy atom. The molecule has 4 heteroatoms. The van der Waals surface area contributed by atoms with E-state index in [4.69, 9.17) is 4.74 Å². The van der Waals surface area contributed by atoms with Crippen molar-refractivity contribution in [1.29, 1.82) is 0 Å². The van der Waals surface area contributed by atoms with E-state index in [9.17, 15) is 5.11 Å². The van der Waals surface area contributed by atoms with E-state index in [1.54, 1.807) is 13.2 Å². The van der Waals surface area contributed by atoms with E-state index in [0.29, 0.717) is 18.3 Å². The smallest absolute Gasteiger partial charge is 0.123 e. The number of ether oxygens (including phenoxy) is 1.